The Hall–Kier alpha value is -2.27. The number of nitrogens with zero attached hydrogens (tertiary/aromatic N) is 2. The van der Waals surface area contributed by atoms with Crippen molar-refractivity contribution in [2.45, 2.75) is 6.54 Å². The molecule has 1 amide bonds. The Bertz CT molecular complexity index is 949. The number of carbonyl (C=O) groups excluding carboxylic acids is 1. The summed E-state index contributed by atoms with van der Waals surface area (Å²) in [5.41, 5.74) is 1.77. The summed E-state index contributed by atoms with van der Waals surface area (Å²) in [5.74, 6) is -0.0435. The molecule has 7 heteroatoms. The van der Waals surface area contributed by atoms with Gasteiger partial charge in [0.25, 0.3) is 0 Å². The Morgan fingerprint density at radius 2 is 1.77 bits per heavy atom. The lowest BCUT2D eigenvalue weighted by Crippen LogP contribution is -2.09. The predicted octanol–water partition coefficient (Wildman–Crippen LogP) is 5.54. The molecular formula is C19H14Cl3N3O. The molecule has 1 N–H and O–H groups in total. The van der Waals surface area contributed by atoms with Crippen molar-refractivity contribution in [3.63, 3.8) is 0 Å². The molecule has 0 aliphatic rings. The average Bonchev–Trinajstić information content (AvgIpc) is 2.95. The Balaban J connectivity index is 1.66. The molecule has 0 bridgehead atoms. The monoisotopic (exact) mass is 405 g/mol. The van der Waals surface area contributed by atoms with Gasteiger partial charge in [0.1, 0.15) is 5.02 Å². The van der Waals surface area contributed by atoms with E-state index in [0.29, 0.717) is 27.4 Å². The van der Waals surface area contributed by atoms with Crippen LogP contribution in [0.5, 0.6) is 0 Å². The van der Waals surface area contributed by atoms with Crippen LogP contribution >= 0.6 is 34.8 Å². The van der Waals surface area contributed by atoms with Crippen LogP contribution in [-0.4, -0.2) is 15.7 Å². The lowest BCUT2D eigenvalue weighted by atomic mass is 10.2. The van der Waals surface area contributed by atoms with Gasteiger partial charge >= 0.3 is 0 Å². The molecule has 0 fully saturated rings. The van der Waals surface area contributed by atoms with E-state index in [2.05, 4.69) is 10.4 Å². The maximum atomic E-state index is 12.1. The van der Waals surface area contributed by atoms with Gasteiger partial charge in [0, 0.05) is 22.3 Å². The summed E-state index contributed by atoms with van der Waals surface area (Å²) in [6.45, 7) is 0.516. The first-order valence-corrected chi connectivity index (χ1v) is 8.85. The molecule has 0 spiro atoms. The summed E-state index contributed by atoms with van der Waals surface area (Å²) in [5, 5.41) is 8.56. The van der Waals surface area contributed by atoms with Crippen LogP contribution in [0, 0.1) is 0 Å². The molecule has 0 saturated heterocycles. The first kappa shape index (κ1) is 18.5. The molecule has 0 aliphatic carbocycles. The van der Waals surface area contributed by atoms with Crippen LogP contribution in [0.15, 0.2) is 60.8 Å². The zero-order valence-electron chi connectivity index (χ0n) is 13.5. The molecule has 3 aromatic rings. The number of aromatic nitrogens is 2. The molecule has 2 aromatic carbocycles. The lowest BCUT2D eigenvalue weighted by molar-refractivity contribution is -0.111. The number of hydrogen-bond acceptors (Lipinski definition) is 2. The van der Waals surface area contributed by atoms with Gasteiger partial charge in [-0.05, 0) is 35.4 Å². The molecule has 0 atom stereocenters. The molecule has 3 rings (SSSR count). The van der Waals surface area contributed by atoms with E-state index in [1.807, 2.05) is 42.5 Å². The first-order valence-electron chi connectivity index (χ1n) is 7.72. The number of rotatable bonds is 5. The van der Waals surface area contributed by atoms with Crippen LogP contribution in [0.2, 0.25) is 15.1 Å². The van der Waals surface area contributed by atoms with E-state index in [0.717, 1.165) is 11.1 Å². The van der Waals surface area contributed by atoms with Gasteiger partial charge in [-0.3, -0.25) is 9.48 Å². The number of carbonyl (C=O) groups is 1. The van der Waals surface area contributed by atoms with Crippen molar-refractivity contribution in [3.05, 3.63) is 87.0 Å². The van der Waals surface area contributed by atoms with Gasteiger partial charge in [-0.2, -0.15) is 5.10 Å². The van der Waals surface area contributed by atoms with Crippen molar-refractivity contribution in [1.82, 2.24) is 9.78 Å². The molecule has 1 aromatic heterocycles. The zero-order chi connectivity index (χ0) is 18.5. The molecule has 4 nitrogen and oxygen atoms in total. The fraction of sp³-hybridized carbons (Fsp3) is 0.0526. The van der Waals surface area contributed by atoms with Crippen molar-refractivity contribution < 1.29 is 4.79 Å². The molecular weight excluding hydrogens is 393 g/mol. The highest BCUT2D eigenvalue weighted by atomic mass is 35.5. The summed E-state index contributed by atoms with van der Waals surface area (Å²) in [7, 11) is 0. The van der Waals surface area contributed by atoms with Crippen LogP contribution in [0.1, 0.15) is 11.1 Å². The second-order valence-electron chi connectivity index (χ2n) is 5.49. The normalized spacial score (nSPS) is 11.0. The van der Waals surface area contributed by atoms with Crippen molar-refractivity contribution in [3.8, 4) is 0 Å². The average molecular weight is 407 g/mol. The van der Waals surface area contributed by atoms with Crippen molar-refractivity contribution in [2.75, 3.05) is 5.32 Å². The Labute approximate surface area is 166 Å². The Kier molecular flexibility index (Phi) is 5.99. The Morgan fingerprint density at radius 3 is 2.50 bits per heavy atom. The van der Waals surface area contributed by atoms with Crippen LogP contribution in [0.25, 0.3) is 6.08 Å². The smallest absolute Gasteiger partial charge is 0.249 e. The molecule has 0 radical (unpaired) electrons. The largest absolute Gasteiger partial charge is 0.304 e. The fourth-order valence-electron chi connectivity index (χ4n) is 2.27. The van der Waals surface area contributed by atoms with E-state index in [1.165, 1.54) is 6.08 Å². The van der Waals surface area contributed by atoms with Gasteiger partial charge in [0.15, 0.2) is 5.82 Å². The van der Waals surface area contributed by atoms with Gasteiger partial charge < -0.3 is 5.32 Å². The molecule has 0 aliphatic heterocycles. The first-order chi connectivity index (χ1) is 12.5. The third-order valence-corrected chi connectivity index (χ3v) is 4.41. The highest BCUT2D eigenvalue weighted by Gasteiger charge is 2.09. The number of nitrogens with one attached hydrogen (secondary N) is 1. The summed E-state index contributed by atoms with van der Waals surface area (Å²) in [6, 6.07) is 14.7. The lowest BCUT2D eigenvalue weighted by Gasteiger charge is -2.02. The molecule has 1 heterocycles. The standard InChI is InChI=1S/C19H14Cl3N3O/c20-15-8-5-13(6-9-15)11-25-12-17(22)19(24-25)23-18(26)10-7-14-3-1-2-4-16(14)21/h1-10,12H,11H2,(H,23,24,26)/b10-7+. The third kappa shape index (κ3) is 4.88. The van der Waals surface area contributed by atoms with Crippen LogP contribution in [0.3, 0.4) is 0 Å². The van der Waals surface area contributed by atoms with Gasteiger partial charge in [-0.1, -0.05) is 65.1 Å². The van der Waals surface area contributed by atoms with E-state index in [9.17, 15) is 4.79 Å². The second-order valence-corrected chi connectivity index (χ2v) is 6.74. The number of halogens is 3. The summed E-state index contributed by atoms with van der Waals surface area (Å²) in [4.78, 5) is 12.1. The molecule has 0 unspecified atom stereocenters. The van der Waals surface area contributed by atoms with E-state index in [1.54, 1.807) is 23.0 Å². The summed E-state index contributed by atoms with van der Waals surface area (Å²) >= 11 is 18.1. The maximum absolute atomic E-state index is 12.1. The third-order valence-electron chi connectivity index (χ3n) is 3.54. The van der Waals surface area contributed by atoms with Crippen LogP contribution in [-0.2, 0) is 11.3 Å². The van der Waals surface area contributed by atoms with Gasteiger partial charge in [-0.25, -0.2) is 0 Å². The highest BCUT2D eigenvalue weighted by molar-refractivity contribution is 6.33. The van der Waals surface area contributed by atoms with E-state index >= 15 is 0 Å². The quantitative estimate of drug-likeness (QED) is 0.565. The van der Waals surface area contributed by atoms with Crippen LogP contribution < -0.4 is 5.32 Å². The minimum Gasteiger partial charge on any atom is -0.304 e. The number of anilines is 1. The van der Waals surface area contributed by atoms with E-state index in [4.69, 9.17) is 34.8 Å². The number of amides is 1. The second kappa shape index (κ2) is 8.41. The molecule has 26 heavy (non-hydrogen) atoms. The molecule has 132 valence electrons. The van der Waals surface area contributed by atoms with Crippen LogP contribution in [0.4, 0.5) is 5.82 Å². The van der Waals surface area contributed by atoms with E-state index in [-0.39, 0.29) is 5.91 Å². The van der Waals surface area contributed by atoms with Crippen molar-refractivity contribution in [2.24, 2.45) is 0 Å². The van der Waals surface area contributed by atoms with Crippen molar-refractivity contribution >= 4 is 52.6 Å². The summed E-state index contributed by atoms with van der Waals surface area (Å²) in [6.07, 6.45) is 4.68. The fourth-order valence-corrected chi connectivity index (χ4v) is 2.80. The molecule has 0 saturated carbocycles. The maximum Gasteiger partial charge on any atom is 0.249 e. The number of benzene rings is 2. The minimum absolute atomic E-state index is 0.300. The summed E-state index contributed by atoms with van der Waals surface area (Å²) < 4.78 is 1.65. The van der Waals surface area contributed by atoms with Gasteiger partial charge in [0.2, 0.25) is 5.91 Å². The highest BCUT2D eigenvalue weighted by Crippen LogP contribution is 2.21. The van der Waals surface area contributed by atoms with E-state index < -0.39 is 0 Å². The topological polar surface area (TPSA) is 46.9 Å². The van der Waals surface area contributed by atoms with Gasteiger partial charge in [0.05, 0.1) is 6.54 Å². The zero-order valence-corrected chi connectivity index (χ0v) is 15.8. The van der Waals surface area contributed by atoms with Gasteiger partial charge in [-0.15, -0.1) is 0 Å². The SMILES string of the molecule is O=C(/C=C/c1ccccc1Cl)Nc1nn(Cc2ccc(Cl)cc2)cc1Cl. The number of hydrogen-bond donors (Lipinski definition) is 1. The minimum atomic E-state index is -0.344. The van der Waals surface area contributed by atoms with Crippen molar-refractivity contribution in [1.29, 1.82) is 0 Å². The predicted molar refractivity (Wildman–Crippen MR) is 107 cm³/mol. The Morgan fingerprint density at radius 1 is 1.04 bits per heavy atom.